The van der Waals surface area contributed by atoms with Crippen molar-refractivity contribution in [3.63, 3.8) is 0 Å². The SMILES string of the molecule is CC1CC(OCc2ccc(C(=O)O)cn2)CC(C)O1. The normalized spacial score (nSPS) is 27.2. The standard InChI is InChI=1S/C14H19NO4/c1-9-5-13(6-10(2)19-9)18-8-12-4-3-11(7-15-12)14(16)17/h3-4,7,9-10,13H,5-6,8H2,1-2H3,(H,16,17). The summed E-state index contributed by atoms with van der Waals surface area (Å²) in [7, 11) is 0. The second-order valence-electron chi connectivity index (χ2n) is 5.01. The highest BCUT2D eigenvalue weighted by atomic mass is 16.5. The van der Waals surface area contributed by atoms with E-state index in [1.165, 1.54) is 6.20 Å². The largest absolute Gasteiger partial charge is 0.478 e. The molecular formula is C14H19NO4. The highest BCUT2D eigenvalue weighted by Crippen LogP contribution is 2.22. The zero-order valence-corrected chi connectivity index (χ0v) is 11.2. The minimum Gasteiger partial charge on any atom is -0.478 e. The van der Waals surface area contributed by atoms with E-state index in [4.69, 9.17) is 14.6 Å². The first-order chi connectivity index (χ1) is 9.04. The quantitative estimate of drug-likeness (QED) is 0.904. The van der Waals surface area contributed by atoms with E-state index in [2.05, 4.69) is 4.98 Å². The van der Waals surface area contributed by atoms with E-state index in [9.17, 15) is 4.79 Å². The number of carboxylic acid groups (broad SMARTS) is 1. The lowest BCUT2D eigenvalue weighted by molar-refractivity contribution is -0.106. The molecule has 1 aromatic rings. The molecule has 2 atom stereocenters. The molecule has 0 aromatic carbocycles. The Balaban J connectivity index is 1.86. The minimum atomic E-state index is -0.966. The summed E-state index contributed by atoms with van der Waals surface area (Å²) in [6.45, 7) is 4.50. The van der Waals surface area contributed by atoms with Gasteiger partial charge in [0.1, 0.15) is 0 Å². The van der Waals surface area contributed by atoms with E-state index in [1.54, 1.807) is 12.1 Å². The second-order valence-corrected chi connectivity index (χ2v) is 5.01. The Morgan fingerprint density at radius 2 is 2.11 bits per heavy atom. The number of carbonyl (C=O) groups is 1. The number of rotatable bonds is 4. The van der Waals surface area contributed by atoms with Crippen molar-refractivity contribution in [2.75, 3.05) is 0 Å². The van der Waals surface area contributed by atoms with Crippen LogP contribution in [0.3, 0.4) is 0 Å². The van der Waals surface area contributed by atoms with Crippen LogP contribution in [0.25, 0.3) is 0 Å². The van der Waals surface area contributed by atoms with Crippen molar-refractivity contribution in [1.82, 2.24) is 4.98 Å². The van der Waals surface area contributed by atoms with Crippen LogP contribution in [0.5, 0.6) is 0 Å². The molecule has 0 bridgehead atoms. The zero-order chi connectivity index (χ0) is 13.8. The van der Waals surface area contributed by atoms with Crippen molar-refractivity contribution in [3.05, 3.63) is 29.6 Å². The lowest BCUT2D eigenvalue weighted by atomic mass is 10.0. The monoisotopic (exact) mass is 265 g/mol. The third-order valence-corrected chi connectivity index (χ3v) is 3.19. The van der Waals surface area contributed by atoms with E-state index in [-0.39, 0.29) is 23.9 Å². The minimum absolute atomic E-state index is 0.180. The predicted octanol–water partition coefficient (Wildman–Crippen LogP) is 2.25. The van der Waals surface area contributed by atoms with Crippen LogP contribution in [0.2, 0.25) is 0 Å². The van der Waals surface area contributed by atoms with Crippen LogP contribution in [0, 0.1) is 0 Å². The van der Waals surface area contributed by atoms with E-state index in [0.717, 1.165) is 18.5 Å². The van der Waals surface area contributed by atoms with Crippen molar-refractivity contribution in [1.29, 1.82) is 0 Å². The van der Waals surface area contributed by atoms with Crippen molar-refractivity contribution in [2.45, 2.75) is 51.6 Å². The third kappa shape index (κ3) is 4.01. The fraction of sp³-hybridized carbons (Fsp3) is 0.571. The van der Waals surface area contributed by atoms with Crippen LogP contribution in [-0.2, 0) is 16.1 Å². The van der Waals surface area contributed by atoms with Gasteiger partial charge in [0.15, 0.2) is 0 Å². The summed E-state index contributed by atoms with van der Waals surface area (Å²) < 4.78 is 11.5. The average molecular weight is 265 g/mol. The Kier molecular flexibility index (Phi) is 4.50. The Hall–Kier alpha value is -1.46. The molecule has 1 aromatic heterocycles. The maximum Gasteiger partial charge on any atom is 0.337 e. The molecule has 1 aliphatic heterocycles. The zero-order valence-electron chi connectivity index (χ0n) is 11.2. The van der Waals surface area contributed by atoms with Gasteiger partial charge in [0.25, 0.3) is 0 Å². The summed E-state index contributed by atoms with van der Waals surface area (Å²) in [5, 5.41) is 8.78. The molecule has 2 rings (SSSR count). The van der Waals surface area contributed by atoms with Gasteiger partial charge in [0, 0.05) is 6.20 Å². The number of carboxylic acids is 1. The van der Waals surface area contributed by atoms with Gasteiger partial charge in [-0.05, 0) is 38.8 Å². The molecule has 1 aliphatic rings. The molecule has 0 amide bonds. The molecule has 1 fully saturated rings. The number of ether oxygens (including phenoxy) is 2. The Morgan fingerprint density at radius 1 is 1.42 bits per heavy atom. The maximum absolute atomic E-state index is 10.7. The Morgan fingerprint density at radius 3 is 2.63 bits per heavy atom. The van der Waals surface area contributed by atoms with Gasteiger partial charge in [-0.3, -0.25) is 4.98 Å². The number of aromatic carboxylic acids is 1. The van der Waals surface area contributed by atoms with Crippen molar-refractivity contribution in [2.24, 2.45) is 0 Å². The lowest BCUT2D eigenvalue weighted by Gasteiger charge is -2.31. The highest BCUT2D eigenvalue weighted by molar-refractivity contribution is 5.87. The summed E-state index contributed by atoms with van der Waals surface area (Å²) in [5.41, 5.74) is 0.939. The van der Waals surface area contributed by atoms with Gasteiger partial charge in [-0.15, -0.1) is 0 Å². The summed E-state index contributed by atoms with van der Waals surface area (Å²) in [6, 6.07) is 3.24. The fourth-order valence-corrected chi connectivity index (χ4v) is 2.32. The van der Waals surface area contributed by atoms with E-state index in [0.29, 0.717) is 6.61 Å². The molecule has 5 heteroatoms. The molecule has 1 N–H and O–H groups in total. The summed E-state index contributed by atoms with van der Waals surface area (Å²) in [4.78, 5) is 14.8. The first-order valence-electron chi connectivity index (χ1n) is 6.50. The van der Waals surface area contributed by atoms with Crippen LogP contribution in [0.1, 0.15) is 42.7 Å². The van der Waals surface area contributed by atoms with Crippen molar-refractivity contribution in [3.8, 4) is 0 Å². The van der Waals surface area contributed by atoms with Gasteiger partial charge in [-0.25, -0.2) is 4.79 Å². The molecule has 2 unspecified atom stereocenters. The molecule has 0 saturated carbocycles. The van der Waals surface area contributed by atoms with Gasteiger partial charge in [0.2, 0.25) is 0 Å². The number of pyridine rings is 1. The van der Waals surface area contributed by atoms with Crippen LogP contribution >= 0.6 is 0 Å². The Bertz CT molecular complexity index is 422. The maximum atomic E-state index is 10.7. The second kappa shape index (κ2) is 6.12. The first-order valence-corrected chi connectivity index (χ1v) is 6.50. The average Bonchev–Trinajstić information content (AvgIpc) is 2.36. The van der Waals surface area contributed by atoms with E-state index >= 15 is 0 Å². The number of nitrogens with zero attached hydrogens (tertiary/aromatic N) is 1. The molecule has 1 saturated heterocycles. The topological polar surface area (TPSA) is 68.7 Å². The van der Waals surface area contributed by atoms with Crippen LogP contribution < -0.4 is 0 Å². The molecule has 0 aliphatic carbocycles. The summed E-state index contributed by atoms with van der Waals surface area (Å²) in [5.74, 6) is -0.966. The van der Waals surface area contributed by atoms with Crippen molar-refractivity contribution < 1.29 is 19.4 Å². The van der Waals surface area contributed by atoms with Gasteiger partial charge >= 0.3 is 5.97 Å². The number of hydrogen-bond donors (Lipinski definition) is 1. The summed E-state index contributed by atoms with van der Waals surface area (Å²) >= 11 is 0. The Labute approximate surface area is 112 Å². The predicted molar refractivity (Wildman–Crippen MR) is 69.0 cm³/mol. The van der Waals surface area contributed by atoms with Crippen LogP contribution in [0.15, 0.2) is 18.3 Å². The molecule has 0 radical (unpaired) electrons. The number of hydrogen-bond acceptors (Lipinski definition) is 4. The van der Waals surface area contributed by atoms with Gasteiger partial charge in [-0.1, -0.05) is 0 Å². The van der Waals surface area contributed by atoms with Crippen LogP contribution in [0.4, 0.5) is 0 Å². The highest BCUT2D eigenvalue weighted by Gasteiger charge is 2.24. The molecule has 0 spiro atoms. The van der Waals surface area contributed by atoms with Gasteiger partial charge in [-0.2, -0.15) is 0 Å². The van der Waals surface area contributed by atoms with Crippen LogP contribution in [-0.4, -0.2) is 34.4 Å². The smallest absolute Gasteiger partial charge is 0.337 e. The molecule has 19 heavy (non-hydrogen) atoms. The van der Waals surface area contributed by atoms with Crippen molar-refractivity contribution >= 4 is 5.97 Å². The molecule has 5 nitrogen and oxygen atoms in total. The molecule has 104 valence electrons. The lowest BCUT2D eigenvalue weighted by Crippen LogP contribution is -2.34. The van der Waals surface area contributed by atoms with E-state index in [1.807, 2.05) is 13.8 Å². The van der Waals surface area contributed by atoms with Gasteiger partial charge in [0.05, 0.1) is 36.2 Å². The first kappa shape index (κ1) is 14.0. The number of aromatic nitrogens is 1. The molecule has 2 heterocycles. The molecular weight excluding hydrogens is 246 g/mol. The third-order valence-electron chi connectivity index (χ3n) is 3.19. The van der Waals surface area contributed by atoms with Gasteiger partial charge < -0.3 is 14.6 Å². The van der Waals surface area contributed by atoms with E-state index < -0.39 is 5.97 Å². The summed E-state index contributed by atoms with van der Waals surface area (Å²) in [6.07, 6.45) is 3.75. The fourth-order valence-electron chi connectivity index (χ4n) is 2.32.